The van der Waals surface area contributed by atoms with Crippen LogP contribution in [0.25, 0.3) is 0 Å². The molecule has 2 heteroatoms. The molecule has 1 aliphatic rings. The summed E-state index contributed by atoms with van der Waals surface area (Å²) in [4.78, 5) is 11.0. The van der Waals surface area contributed by atoms with Gasteiger partial charge in [-0.1, -0.05) is 137 Å². The van der Waals surface area contributed by atoms with E-state index < -0.39 is 0 Å². The first-order valence-corrected chi connectivity index (χ1v) is 13.7. The first kappa shape index (κ1) is 31.7. The van der Waals surface area contributed by atoms with E-state index in [1.165, 1.54) is 103 Å². The molecule has 0 aromatic heterocycles. The monoisotopic (exact) mass is 426 g/mol. The molecule has 1 saturated carbocycles. The molecule has 0 spiro atoms. The van der Waals surface area contributed by atoms with Gasteiger partial charge in [0, 0.05) is 6.42 Å². The molecule has 0 aromatic carbocycles. The van der Waals surface area contributed by atoms with Gasteiger partial charge in [0.05, 0.1) is 6.10 Å². The highest BCUT2D eigenvalue weighted by Crippen LogP contribution is 2.29. The minimum absolute atomic E-state index is 0.0312. The third-order valence-corrected chi connectivity index (χ3v) is 5.54. The van der Waals surface area contributed by atoms with Crippen molar-refractivity contribution in [1.29, 1.82) is 0 Å². The molecule has 1 aliphatic carbocycles. The molecule has 182 valence electrons. The first-order valence-electron chi connectivity index (χ1n) is 13.7. The molecule has 0 radical (unpaired) electrons. The van der Waals surface area contributed by atoms with E-state index in [0.717, 1.165) is 18.8 Å². The lowest BCUT2D eigenvalue weighted by Gasteiger charge is -2.07. The van der Waals surface area contributed by atoms with Gasteiger partial charge in [-0.2, -0.15) is 0 Å². The van der Waals surface area contributed by atoms with E-state index in [1.807, 2.05) is 13.8 Å². The molecule has 0 aliphatic heterocycles. The van der Waals surface area contributed by atoms with Gasteiger partial charge < -0.3 is 4.74 Å². The molecular formula is C28H58O2. The molecule has 0 bridgehead atoms. The van der Waals surface area contributed by atoms with Crippen molar-refractivity contribution in [2.24, 2.45) is 5.92 Å². The molecule has 0 unspecified atom stereocenters. The Balaban J connectivity index is 0. The van der Waals surface area contributed by atoms with Crippen molar-refractivity contribution in [3.63, 3.8) is 0 Å². The Morgan fingerprint density at radius 2 is 1.17 bits per heavy atom. The lowest BCUT2D eigenvalue weighted by molar-refractivity contribution is -0.147. The van der Waals surface area contributed by atoms with Gasteiger partial charge in [-0.3, -0.25) is 4.79 Å². The fraction of sp³-hybridized carbons (Fsp3) is 0.964. The van der Waals surface area contributed by atoms with Crippen LogP contribution in [0.4, 0.5) is 0 Å². The first-order chi connectivity index (χ1) is 14.5. The Morgan fingerprint density at radius 1 is 0.733 bits per heavy atom. The van der Waals surface area contributed by atoms with Gasteiger partial charge in [-0.05, 0) is 26.2 Å². The van der Waals surface area contributed by atoms with Crippen molar-refractivity contribution < 1.29 is 9.53 Å². The van der Waals surface area contributed by atoms with E-state index in [-0.39, 0.29) is 12.1 Å². The molecule has 0 N–H and O–H groups in total. The summed E-state index contributed by atoms with van der Waals surface area (Å²) in [6, 6.07) is 0. The van der Waals surface area contributed by atoms with E-state index >= 15 is 0 Å². The maximum Gasteiger partial charge on any atom is 0.306 e. The van der Waals surface area contributed by atoms with Crippen molar-refractivity contribution in [2.75, 3.05) is 0 Å². The van der Waals surface area contributed by atoms with Gasteiger partial charge in [0.25, 0.3) is 0 Å². The molecule has 0 atom stereocenters. The number of hydrogen-bond acceptors (Lipinski definition) is 2. The number of rotatable bonds is 15. The van der Waals surface area contributed by atoms with Crippen molar-refractivity contribution in [2.45, 2.75) is 170 Å². The Morgan fingerprint density at radius 3 is 1.63 bits per heavy atom. The summed E-state index contributed by atoms with van der Waals surface area (Å²) in [5.41, 5.74) is 0. The molecule has 0 heterocycles. The Bertz CT molecular complexity index is 319. The SMILES string of the molecule is CCC.CCCCCCC(=O)OC(C)C.CCCCCCCCCCC1CCCC1. The van der Waals surface area contributed by atoms with Crippen molar-refractivity contribution in [3.05, 3.63) is 0 Å². The van der Waals surface area contributed by atoms with Gasteiger partial charge in [0.1, 0.15) is 0 Å². The van der Waals surface area contributed by atoms with Crippen LogP contribution in [0.1, 0.15) is 164 Å². The van der Waals surface area contributed by atoms with E-state index in [9.17, 15) is 4.79 Å². The Kier molecular flexibility index (Phi) is 28.0. The largest absolute Gasteiger partial charge is 0.463 e. The molecular weight excluding hydrogens is 368 g/mol. The van der Waals surface area contributed by atoms with Gasteiger partial charge in [-0.15, -0.1) is 0 Å². The second kappa shape index (κ2) is 26.5. The number of carbonyl (C=O) groups excluding carboxylic acids is 1. The molecule has 0 amide bonds. The zero-order chi connectivity index (χ0) is 22.9. The summed E-state index contributed by atoms with van der Waals surface area (Å²) >= 11 is 0. The van der Waals surface area contributed by atoms with E-state index in [1.54, 1.807) is 0 Å². The lowest BCUT2D eigenvalue weighted by atomic mass is 9.99. The number of carbonyl (C=O) groups is 1. The maximum absolute atomic E-state index is 11.0. The van der Waals surface area contributed by atoms with Crippen LogP contribution in [0.2, 0.25) is 0 Å². The number of unbranched alkanes of at least 4 members (excludes halogenated alkanes) is 10. The van der Waals surface area contributed by atoms with Crippen molar-refractivity contribution >= 4 is 5.97 Å². The van der Waals surface area contributed by atoms with Crippen LogP contribution in [-0.2, 0) is 9.53 Å². The molecule has 30 heavy (non-hydrogen) atoms. The summed E-state index contributed by atoms with van der Waals surface area (Å²) < 4.78 is 4.99. The number of ether oxygens (including phenoxy) is 1. The van der Waals surface area contributed by atoms with E-state index in [2.05, 4.69) is 27.7 Å². The average molecular weight is 427 g/mol. The summed E-state index contributed by atoms with van der Waals surface area (Å²) in [5.74, 6) is 1.06. The van der Waals surface area contributed by atoms with Crippen LogP contribution in [0, 0.1) is 5.92 Å². The van der Waals surface area contributed by atoms with Crippen LogP contribution < -0.4 is 0 Å². The predicted octanol–water partition coefficient (Wildman–Crippen LogP) is 10.0. The van der Waals surface area contributed by atoms with Crippen LogP contribution in [-0.4, -0.2) is 12.1 Å². The van der Waals surface area contributed by atoms with Crippen LogP contribution in [0.5, 0.6) is 0 Å². The summed E-state index contributed by atoms with van der Waals surface area (Å²) in [5, 5.41) is 0. The molecule has 0 aromatic rings. The molecule has 0 saturated heterocycles. The number of hydrogen-bond donors (Lipinski definition) is 0. The fourth-order valence-corrected chi connectivity index (χ4v) is 3.88. The standard InChI is InChI=1S/C15H30.C10H20O2.C3H8/c1-2-3-4-5-6-7-8-9-12-15-13-10-11-14-15;1-4-5-6-7-8-10(11)12-9(2)3;1-3-2/h15H,2-14H2,1H3;9H,4-8H2,1-3H3;3H2,1-2H3. The minimum atomic E-state index is -0.0545. The summed E-state index contributed by atoms with van der Waals surface area (Å²) in [6.07, 6.45) is 25.8. The van der Waals surface area contributed by atoms with Crippen molar-refractivity contribution in [3.8, 4) is 0 Å². The third-order valence-electron chi connectivity index (χ3n) is 5.54. The van der Waals surface area contributed by atoms with Crippen molar-refractivity contribution in [1.82, 2.24) is 0 Å². The van der Waals surface area contributed by atoms with Crippen LogP contribution in [0.15, 0.2) is 0 Å². The average Bonchev–Trinajstić information content (AvgIpc) is 3.21. The zero-order valence-corrected chi connectivity index (χ0v) is 21.9. The highest BCUT2D eigenvalue weighted by molar-refractivity contribution is 5.69. The highest BCUT2D eigenvalue weighted by atomic mass is 16.5. The lowest BCUT2D eigenvalue weighted by Crippen LogP contribution is -2.10. The quantitative estimate of drug-likeness (QED) is 0.192. The second-order valence-corrected chi connectivity index (χ2v) is 9.47. The Labute approximate surface area is 191 Å². The smallest absolute Gasteiger partial charge is 0.306 e. The molecule has 2 nitrogen and oxygen atoms in total. The third kappa shape index (κ3) is 27.5. The molecule has 1 rings (SSSR count). The van der Waals surface area contributed by atoms with Gasteiger partial charge in [0.15, 0.2) is 0 Å². The summed E-state index contributed by atoms with van der Waals surface area (Å²) in [6.45, 7) is 12.5. The fourth-order valence-electron chi connectivity index (χ4n) is 3.88. The zero-order valence-electron chi connectivity index (χ0n) is 21.9. The molecule has 1 fully saturated rings. The number of esters is 1. The van der Waals surface area contributed by atoms with Gasteiger partial charge in [0.2, 0.25) is 0 Å². The topological polar surface area (TPSA) is 26.3 Å². The van der Waals surface area contributed by atoms with Gasteiger partial charge in [-0.25, -0.2) is 0 Å². The minimum Gasteiger partial charge on any atom is -0.463 e. The highest BCUT2D eigenvalue weighted by Gasteiger charge is 2.13. The normalized spacial score (nSPS) is 13.4. The van der Waals surface area contributed by atoms with E-state index in [0.29, 0.717) is 6.42 Å². The predicted molar refractivity (Wildman–Crippen MR) is 135 cm³/mol. The second-order valence-electron chi connectivity index (χ2n) is 9.47. The van der Waals surface area contributed by atoms with Gasteiger partial charge >= 0.3 is 5.97 Å². The maximum atomic E-state index is 11.0. The Hall–Kier alpha value is -0.530. The van der Waals surface area contributed by atoms with Crippen LogP contribution >= 0.6 is 0 Å². The summed E-state index contributed by atoms with van der Waals surface area (Å²) in [7, 11) is 0. The van der Waals surface area contributed by atoms with E-state index in [4.69, 9.17) is 4.74 Å². The van der Waals surface area contributed by atoms with Crippen LogP contribution in [0.3, 0.4) is 0 Å².